The maximum atomic E-state index is 5.65. The van der Waals surface area contributed by atoms with Crippen molar-refractivity contribution in [1.29, 1.82) is 0 Å². The van der Waals surface area contributed by atoms with Crippen molar-refractivity contribution in [2.45, 2.75) is 32.7 Å². The molecule has 1 rings (SSSR count). The van der Waals surface area contributed by atoms with E-state index in [1.165, 1.54) is 12.8 Å². The summed E-state index contributed by atoms with van der Waals surface area (Å²) in [5, 5.41) is 0. The van der Waals surface area contributed by atoms with Gasteiger partial charge in [-0.25, -0.2) is 0 Å². The molecule has 0 spiro atoms. The fraction of sp³-hybridized carbons (Fsp3) is 0.889. The number of nitrogens with two attached hydrogens (primary N) is 1. The van der Waals surface area contributed by atoms with Crippen LogP contribution in [0, 0.1) is 5.92 Å². The van der Waals surface area contributed by atoms with E-state index in [9.17, 15) is 0 Å². The van der Waals surface area contributed by atoms with Gasteiger partial charge in [0.2, 0.25) is 0 Å². The molecule has 0 saturated carbocycles. The van der Waals surface area contributed by atoms with E-state index in [0.717, 1.165) is 12.5 Å². The first-order valence-corrected chi connectivity index (χ1v) is 4.64. The van der Waals surface area contributed by atoms with Crippen molar-refractivity contribution >= 4 is 5.96 Å². The van der Waals surface area contributed by atoms with Gasteiger partial charge in [-0.3, -0.25) is 4.99 Å². The Morgan fingerprint density at radius 1 is 1.67 bits per heavy atom. The van der Waals surface area contributed by atoms with E-state index < -0.39 is 0 Å². The molecule has 1 atom stereocenters. The fourth-order valence-electron chi connectivity index (χ4n) is 1.43. The first-order valence-electron chi connectivity index (χ1n) is 4.64. The molecule has 0 aromatic carbocycles. The monoisotopic (exact) mass is 169 g/mol. The van der Waals surface area contributed by atoms with Gasteiger partial charge in [0.1, 0.15) is 0 Å². The second-order valence-corrected chi connectivity index (χ2v) is 3.93. The lowest BCUT2D eigenvalue weighted by atomic mass is 10.0. The van der Waals surface area contributed by atoms with Crippen LogP contribution < -0.4 is 5.73 Å². The van der Waals surface area contributed by atoms with Crippen LogP contribution in [0.15, 0.2) is 4.99 Å². The molecule has 0 aromatic rings. The van der Waals surface area contributed by atoms with Gasteiger partial charge in [0, 0.05) is 7.05 Å². The second kappa shape index (κ2) is 3.78. The average Bonchev–Trinajstić information content (AvgIpc) is 2.30. The van der Waals surface area contributed by atoms with Crippen LogP contribution in [0.2, 0.25) is 0 Å². The summed E-state index contributed by atoms with van der Waals surface area (Å²) in [5.74, 6) is 1.48. The second-order valence-electron chi connectivity index (χ2n) is 3.93. The predicted octanol–water partition coefficient (Wildman–Crippen LogP) is 1.05. The smallest absolute Gasteiger partial charge is 0.191 e. The lowest BCUT2D eigenvalue weighted by Gasteiger charge is -2.21. The minimum absolute atomic E-state index is 0.549. The van der Waals surface area contributed by atoms with Crippen LogP contribution in [-0.4, -0.2) is 30.5 Å². The highest BCUT2D eigenvalue weighted by atomic mass is 15.3. The number of rotatable bonds is 3. The van der Waals surface area contributed by atoms with Crippen molar-refractivity contribution in [2.75, 3.05) is 13.6 Å². The largest absolute Gasteiger partial charge is 0.370 e. The summed E-state index contributed by atoms with van der Waals surface area (Å²) in [6, 6.07) is 0.549. The highest BCUT2D eigenvalue weighted by Gasteiger charge is 2.21. The molecule has 2 N–H and O–H groups in total. The van der Waals surface area contributed by atoms with Crippen molar-refractivity contribution in [1.82, 2.24) is 4.90 Å². The Bertz CT molecular complexity index is 175. The summed E-state index contributed by atoms with van der Waals surface area (Å²) < 4.78 is 0. The fourth-order valence-corrected chi connectivity index (χ4v) is 1.43. The van der Waals surface area contributed by atoms with E-state index >= 15 is 0 Å². The lowest BCUT2D eigenvalue weighted by molar-refractivity contribution is 0.352. The molecule has 0 saturated heterocycles. The van der Waals surface area contributed by atoms with Crippen molar-refractivity contribution in [3.63, 3.8) is 0 Å². The van der Waals surface area contributed by atoms with Crippen molar-refractivity contribution in [3.8, 4) is 0 Å². The minimum atomic E-state index is 0.549. The first-order chi connectivity index (χ1) is 5.61. The summed E-state index contributed by atoms with van der Waals surface area (Å²) in [4.78, 5) is 6.28. The molecule has 0 fully saturated rings. The third kappa shape index (κ3) is 2.13. The number of hydrogen-bond acceptors (Lipinski definition) is 3. The van der Waals surface area contributed by atoms with Gasteiger partial charge in [0.25, 0.3) is 0 Å². The number of hydrogen-bond donors (Lipinski definition) is 1. The first kappa shape index (κ1) is 9.36. The highest BCUT2D eigenvalue weighted by Crippen LogP contribution is 2.14. The van der Waals surface area contributed by atoms with Crippen molar-refractivity contribution < 1.29 is 0 Å². The van der Waals surface area contributed by atoms with Crippen molar-refractivity contribution in [3.05, 3.63) is 0 Å². The van der Waals surface area contributed by atoms with Crippen LogP contribution in [0.3, 0.4) is 0 Å². The standard InChI is InChI=1S/C9H19N3/c1-7(2)4-5-8-6-11-9(10)12(8)3/h7-8H,4-6H2,1-3H3,(H2,10,11). The molecule has 0 radical (unpaired) electrons. The van der Waals surface area contributed by atoms with Crippen LogP contribution >= 0.6 is 0 Å². The Balaban J connectivity index is 2.28. The van der Waals surface area contributed by atoms with Crippen LogP contribution in [0.5, 0.6) is 0 Å². The van der Waals surface area contributed by atoms with E-state index in [2.05, 4.69) is 23.7 Å². The van der Waals surface area contributed by atoms with Gasteiger partial charge in [-0.05, 0) is 18.8 Å². The van der Waals surface area contributed by atoms with Crippen LogP contribution in [-0.2, 0) is 0 Å². The van der Waals surface area contributed by atoms with E-state index in [1.54, 1.807) is 0 Å². The number of nitrogens with zero attached hydrogens (tertiary/aromatic N) is 2. The normalized spacial score (nSPS) is 23.5. The maximum absolute atomic E-state index is 5.65. The molecule has 1 unspecified atom stereocenters. The molecular formula is C9H19N3. The zero-order valence-corrected chi connectivity index (χ0v) is 8.25. The molecule has 0 aromatic heterocycles. The zero-order chi connectivity index (χ0) is 9.14. The van der Waals surface area contributed by atoms with Gasteiger partial charge in [-0.1, -0.05) is 13.8 Å². The zero-order valence-electron chi connectivity index (χ0n) is 8.25. The predicted molar refractivity (Wildman–Crippen MR) is 52.1 cm³/mol. The molecule has 3 nitrogen and oxygen atoms in total. The Hall–Kier alpha value is -0.730. The topological polar surface area (TPSA) is 41.6 Å². The third-order valence-corrected chi connectivity index (χ3v) is 2.45. The number of aliphatic imine (C=N–C) groups is 1. The SMILES string of the molecule is CC(C)CCC1CN=C(N)N1C. The van der Waals surface area contributed by atoms with E-state index in [0.29, 0.717) is 12.0 Å². The summed E-state index contributed by atoms with van der Waals surface area (Å²) >= 11 is 0. The minimum Gasteiger partial charge on any atom is -0.370 e. The van der Waals surface area contributed by atoms with Gasteiger partial charge in [-0.15, -0.1) is 0 Å². The Morgan fingerprint density at radius 3 is 2.75 bits per heavy atom. The molecule has 1 aliphatic heterocycles. The Labute approximate surface area is 74.6 Å². The van der Waals surface area contributed by atoms with Gasteiger partial charge in [-0.2, -0.15) is 0 Å². The van der Waals surface area contributed by atoms with E-state index in [-0.39, 0.29) is 0 Å². The molecule has 12 heavy (non-hydrogen) atoms. The summed E-state index contributed by atoms with van der Waals surface area (Å²) in [6.45, 7) is 5.38. The number of likely N-dealkylation sites (N-methyl/N-ethyl adjacent to an activating group) is 1. The van der Waals surface area contributed by atoms with Gasteiger partial charge in [0.05, 0.1) is 12.6 Å². The molecular weight excluding hydrogens is 150 g/mol. The van der Waals surface area contributed by atoms with Gasteiger partial charge in [0.15, 0.2) is 5.96 Å². The molecule has 3 heteroatoms. The third-order valence-electron chi connectivity index (χ3n) is 2.45. The average molecular weight is 169 g/mol. The summed E-state index contributed by atoms with van der Waals surface area (Å²) in [6.07, 6.45) is 2.47. The van der Waals surface area contributed by atoms with Crippen LogP contribution in [0.4, 0.5) is 0 Å². The molecule has 70 valence electrons. The van der Waals surface area contributed by atoms with Crippen LogP contribution in [0.25, 0.3) is 0 Å². The summed E-state index contributed by atoms with van der Waals surface area (Å²) in [7, 11) is 2.02. The van der Waals surface area contributed by atoms with Crippen molar-refractivity contribution in [2.24, 2.45) is 16.6 Å². The molecule has 1 heterocycles. The molecule has 0 bridgehead atoms. The van der Waals surface area contributed by atoms with Gasteiger partial charge >= 0.3 is 0 Å². The molecule has 0 amide bonds. The molecule has 0 aliphatic carbocycles. The van der Waals surface area contributed by atoms with E-state index in [4.69, 9.17) is 5.73 Å². The quantitative estimate of drug-likeness (QED) is 0.686. The van der Waals surface area contributed by atoms with E-state index in [1.807, 2.05) is 7.05 Å². The van der Waals surface area contributed by atoms with Gasteiger partial charge < -0.3 is 10.6 Å². The highest BCUT2D eigenvalue weighted by molar-refractivity contribution is 5.79. The molecule has 1 aliphatic rings. The summed E-state index contributed by atoms with van der Waals surface area (Å²) in [5.41, 5.74) is 5.65. The Kier molecular flexibility index (Phi) is 2.95. The maximum Gasteiger partial charge on any atom is 0.191 e. The Morgan fingerprint density at radius 2 is 2.33 bits per heavy atom. The number of guanidine groups is 1. The van der Waals surface area contributed by atoms with Crippen LogP contribution in [0.1, 0.15) is 26.7 Å². The lowest BCUT2D eigenvalue weighted by Crippen LogP contribution is -2.37.